The van der Waals surface area contributed by atoms with Crippen LogP contribution in [0.4, 0.5) is 0 Å². The predicted molar refractivity (Wildman–Crippen MR) is 124 cm³/mol. The molecule has 32 heavy (non-hydrogen) atoms. The molecule has 2 heterocycles. The molecule has 0 unspecified atom stereocenters. The Balaban J connectivity index is 1.72. The van der Waals surface area contributed by atoms with E-state index in [0.717, 1.165) is 22.5 Å². The molecule has 3 aromatic rings. The van der Waals surface area contributed by atoms with Crippen LogP contribution in [0.5, 0.6) is 0 Å². The summed E-state index contributed by atoms with van der Waals surface area (Å²) in [6.07, 6.45) is 4.10. The molecule has 1 aromatic heterocycles. The minimum atomic E-state index is -0.461. The Morgan fingerprint density at radius 2 is 1.66 bits per heavy atom. The number of ether oxygens (including phenoxy) is 1. The molecule has 1 aliphatic heterocycles. The van der Waals surface area contributed by atoms with Crippen molar-refractivity contribution in [3.8, 4) is 16.9 Å². The first-order chi connectivity index (χ1) is 15.4. The van der Waals surface area contributed by atoms with Gasteiger partial charge in [0.25, 0.3) is 5.91 Å². The van der Waals surface area contributed by atoms with Gasteiger partial charge < -0.3 is 9.64 Å². The second-order valence-corrected chi connectivity index (χ2v) is 7.99. The van der Waals surface area contributed by atoms with E-state index in [1.807, 2.05) is 86.4 Å². The van der Waals surface area contributed by atoms with Gasteiger partial charge in [0.15, 0.2) is 5.69 Å². The summed E-state index contributed by atoms with van der Waals surface area (Å²) in [4.78, 5) is 27.2. The van der Waals surface area contributed by atoms with Crippen LogP contribution in [0.1, 0.15) is 47.2 Å². The number of carbonyl (C=O) groups is 2. The van der Waals surface area contributed by atoms with Crippen molar-refractivity contribution in [2.75, 3.05) is 6.61 Å². The molecule has 0 saturated heterocycles. The van der Waals surface area contributed by atoms with Crippen LogP contribution in [0.2, 0.25) is 0 Å². The summed E-state index contributed by atoms with van der Waals surface area (Å²) >= 11 is 0. The maximum Gasteiger partial charge on any atom is 0.358 e. The number of aryl methyl sites for hydroxylation is 1. The van der Waals surface area contributed by atoms with E-state index in [9.17, 15) is 9.59 Å². The number of rotatable bonds is 5. The largest absolute Gasteiger partial charge is 0.461 e. The van der Waals surface area contributed by atoms with Gasteiger partial charge in [-0.15, -0.1) is 0 Å². The zero-order valence-corrected chi connectivity index (χ0v) is 18.8. The maximum absolute atomic E-state index is 13.0. The van der Waals surface area contributed by atoms with Gasteiger partial charge in [0.2, 0.25) is 0 Å². The monoisotopic (exact) mass is 429 g/mol. The fourth-order valence-corrected chi connectivity index (χ4v) is 4.08. The van der Waals surface area contributed by atoms with E-state index in [2.05, 4.69) is 5.10 Å². The maximum atomic E-state index is 13.0. The smallest absolute Gasteiger partial charge is 0.358 e. The normalized spacial score (nSPS) is 17.6. The minimum absolute atomic E-state index is 0.00615. The van der Waals surface area contributed by atoms with Crippen LogP contribution in [0.3, 0.4) is 0 Å². The summed E-state index contributed by atoms with van der Waals surface area (Å²) in [6, 6.07) is 17.2. The van der Waals surface area contributed by atoms with E-state index in [4.69, 9.17) is 4.74 Å². The van der Waals surface area contributed by atoms with Crippen molar-refractivity contribution in [3.63, 3.8) is 0 Å². The first-order valence-corrected chi connectivity index (χ1v) is 10.8. The number of benzene rings is 2. The SMILES string of the molecule is CCOC(=O)c1cc(-c2ccccc2C)n(-c2ccc(C(=O)N3[C@H](C)C=C[C@@H]3C)cc2)n1. The second kappa shape index (κ2) is 8.83. The van der Waals surface area contributed by atoms with Gasteiger partial charge in [-0.05, 0) is 63.6 Å². The number of carbonyl (C=O) groups excluding carboxylic acids is 2. The van der Waals surface area contributed by atoms with Gasteiger partial charge in [0.1, 0.15) is 0 Å². The van der Waals surface area contributed by atoms with Crippen molar-refractivity contribution in [1.29, 1.82) is 0 Å². The molecule has 6 heteroatoms. The number of amides is 1. The molecule has 0 fully saturated rings. The molecule has 2 atom stereocenters. The number of aromatic nitrogens is 2. The number of hydrogen-bond acceptors (Lipinski definition) is 4. The van der Waals surface area contributed by atoms with Gasteiger partial charge in [-0.2, -0.15) is 5.10 Å². The van der Waals surface area contributed by atoms with Gasteiger partial charge in [-0.25, -0.2) is 9.48 Å². The molecule has 0 saturated carbocycles. The van der Waals surface area contributed by atoms with Gasteiger partial charge in [-0.1, -0.05) is 36.4 Å². The zero-order chi connectivity index (χ0) is 22.8. The highest BCUT2D eigenvalue weighted by Gasteiger charge is 2.28. The summed E-state index contributed by atoms with van der Waals surface area (Å²) < 4.78 is 6.88. The molecule has 0 bridgehead atoms. The lowest BCUT2D eigenvalue weighted by molar-refractivity contribution is 0.0518. The molecular weight excluding hydrogens is 402 g/mol. The van der Waals surface area contributed by atoms with Crippen LogP contribution in [0.25, 0.3) is 16.9 Å². The molecule has 0 radical (unpaired) electrons. The molecule has 0 N–H and O–H groups in total. The average Bonchev–Trinajstić information content (AvgIpc) is 3.37. The Labute approximate surface area is 188 Å². The lowest BCUT2D eigenvalue weighted by Crippen LogP contribution is -2.39. The third kappa shape index (κ3) is 3.96. The minimum Gasteiger partial charge on any atom is -0.461 e. The highest BCUT2D eigenvalue weighted by molar-refractivity contribution is 5.95. The number of nitrogens with zero attached hydrogens (tertiary/aromatic N) is 3. The highest BCUT2D eigenvalue weighted by atomic mass is 16.5. The molecule has 4 rings (SSSR count). The Kier molecular flexibility index (Phi) is 5.95. The van der Waals surface area contributed by atoms with Crippen LogP contribution in [-0.4, -0.2) is 45.2 Å². The Hall–Kier alpha value is -3.67. The van der Waals surface area contributed by atoms with Crippen molar-refractivity contribution in [2.45, 2.75) is 39.8 Å². The van der Waals surface area contributed by atoms with E-state index in [0.29, 0.717) is 5.56 Å². The molecule has 2 aromatic carbocycles. The van der Waals surface area contributed by atoms with Crippen molar-refractivity contribution in [3.05, 3.63) is 83.6 Å². The topological polar surface area (TPSA) is 64.4 Å². The second-order valence-electron chi connectivity index (χ2n) is 7.99. The molecule has 164 valence electrons. The fraction of sp³-hybridized carbons (Fsp3) is 0.269. The summed E-state index contributed by atoms with van der Waals surface area (Å²) in [5, 5.41) is 4.53. The first-order valence-electron chi connectivity index (χ1n) is 10.8. The molecule has 1 aliphatic rings. The lowest BCUT2D eigenvalue weighted by atomic mass is 10.1. The van der Waals surface area contributed by atoms with Gasteiger partial charge in [0.05, 0.1) is 18.0 Å². The summed E-state index contributed by atoms with van der Waals surface area (Å²) in [7, 11) is 0. The molecule has 0 aliphatic carbocycles. The molecule has 6 nitrogen and oxygen atoms in total. The Bertz CT molecular complexity index is 1170. The third-order valence-electron chi connectivity index (χ3n) is 5.75. The average molecular weight is 430 g/mol. The van der Waals surface area contributed by atoms with E-state index in [1.54, 1.807) is 17.7 Å². The van der Waals surface area contributed by atoms with E-state index < -0.39 is 5.97 Å². The molecule has 1 amide bonds. The summed E-state index contributed by atoms with van der Waals surface area (Å²) in [5.41, 5.74) is 4.46. The van der Waals surface area contributed by atoms with E-state index in [1.165, 1.54) is 0 Å². The first kappa shape index (κ1) is 21.6. The summed E-state index contributed by atoms with van der Waals surface area (Å²) in [6.45, 7) is 8.10. The fourth-order valence-electron chi connectivity index (χ4n) is 4.08. The van der Waals surface area contributed by atoms with Crippen LogP contribution in [-0.2, 0) is 4.74 Å². The van der Waals surface area contributed by atoms with E-state index >= 15 is 0 Å². The molecular formula is C26H27N3O3. The standard InChI is InChI=1S/C26H27N3O3/c1-5-32-26(31)23-16-24(22-9-7-6-8-17(22)2)29(27-23)21-14-12-20(13-15-21)25(30)28-18(3)10-11-19(28)4/h6-16,18-19H,5H2,1-4H3/t18-,19+. The van der Waals surface area contributed by atoms with Crippen LogP contribution in [0, 0.1) is 6.92 Å². The van der Waals surface area contributed by atoms with Gasteiger partial charge in [0, 0.05) is 23.2 Å². The van der Waals surface area contributed by atoms with Crippen molar-refractivity contribution in [1.82, 2.24) is 14.7 Å². The third-order valence-corrected chi connectivity index (χ3v) is 5.75. The predicted octanol–water partition coefficient (Wildman–Crippen LogP) is 4.81. The molecule has 0 spiro atoms. The highest BCUT2D eigenvalue weighted by Crippen LogP contribution is 2.28. The summed E-state index contributed by atoms with van der Waals surface area (Å²) in [5.74, 6) is -0.467. The van der Waals surface area contributed by atoms with Crippen molar-refractivity contribution < 1.29 is 14.3 Å². The van der Waals surface area contributed by atoms with E-state index in [-0.39, 0.29) is 30.3 Å². The van der Waals surface area contributed by atoms with Crippen molar-refractivity contribution in [2.24, 2.45) is 0 Å². The zero-order valence-electron chi connectivity index (χ0n) is 18.8. The van der Waals surface area contributed by atoms with Gasteiger partial charge >= 0.3 is 5.97 Å². The Morgan fingerprint density at radius 1 is 1.00 bits per heavy atom. The van der Waals surface area contributed by atoms with Gasteiger partial charge in [-0.3, -0.25) is 4.79 Å². The number of esters is 1. The number of hydrogen-bond donors (Lipinski definition) is 0. The van der Waals surface area contributed by atoms with Crippen LogP contribution >= 0.6 is 0 Å². The quantitative estimate of drug-likeness (QED) is 0.431. The Morgan fingerprint density at radius 3 is 2.28 bits per heavy atom. The van der Waals surface area contributed by atoms with Crippen LogP contribution in [0.15, 0.2) is 66.7 Å². The van der Waals surface area contributed by atoms with Crippen LogP contribution < -0.4 is 0 Å². The lowest BCUT2D eigenvalue weighted by Gasteiger charge is -2.26. The van der Waals surface area contributed by atoms with Crippen molar-refractivity contribution >= 4 is 11.9 Å².